The van der Waals surface area contributed by atoms with Crippen LogP contribution in [-0.4, -0.2) is 27.3 Å². The van der Waals surface area contributed by atoms with Crippen molar-refractivity contribution in [3.63, 3.8) is 0 Å². The van der Waals surface area contributed by atoms with Gasteiger partial charge in [-0.05, 0) is 39.8 Å². The number of halogens is 1. The average Bonchev–Trinajstić information content (AvgIpc) is 2.83. The number of nitrogens with zero attached hydrogens (tertiary/aromatic N) is 3. The SMILES string of the molecule is CC(C)(C)NCCCc1nnc(-c2ccncc2Cl)s1. The fraction of sp³-hybridized carbons (Fsp3) is 0.500. The van der Waals surface area contributed by atoms with Crippen LogP contribution >= 0.6 is 22.9 Å². The van der Waals surface area contributed by atoms with Gasteiger partial charge >= 0.3 is 0 Å². The van der Waals surface area contributed by atoms with Crippen molar-refractivity contribution >= 4 is 22.9 Å². The molecule has 2 aromatic heterocycles. The lowest BCUT2D eigenvalue weighted by Crippen LogP contribution is -2.36. The van der Waals surface area contributed by atoms with Crippen LogP contribution in [0.3, 0.4) is 0 Å². The number of pyridine rings is 1. The molecule has 2 aromatic rings. The van der Waals surface area contributed by atoms with E-state index in [1.807, 2.05) is 6.07 Å². The van der Waals surface area contributed by atoms with Gasteiger partial charge in [0, 0.05) is 29.9 Å². The molecule has 2 rings (SSSR count). The molecule has 0 spiro atoms. The number of nitrogens with one attached hydrogen (secondary N) is 1. The highest BCUT2D eigenvalue weighted by Crippen LogP contribution is 2.29. The molecule has 4 nitrogen and oxygen atoms in total. The number of hydrogen-bond acceptors (Lipinski definition) is 5. The van der Waals surface area contributed by atoms with E-state index in [4.69, 9.17) is 11.6 Å². The van der Waals surface area contributed by atoms with Gasteiger partial charge in [-0.2, -0.15) is 0 Å². The van der Waals surface area contributed by atoms with Crippen molar-refractivity contribution in [1.29, 1.82) is 0 Å². The largest absolute Gasteiger partial charge is 0.312 e. The van der Waals surface area contributed by atoms with Crippen LogP contribution in [0, 0.1) is 0 Å². The molecule has 2 heterocycles. The maximum atomic E-state index is 6.11. The van der Waals surface area contributed by atoms with Crippen LogP contribution in [0.5, 0.6) is 0 Å². The summed E-state index contributed by atoms with van der Waals surface area (Å²) in [6, 6.07) is 1.87. The van der Waals surface area contributed by atoms with Gasteiger partial charge in [0.2, 0.25) is 0 Å². The Morgan fingerprint density at radius 3 is 2.80 bits per heavy atom. The summed E-state index contributed by atoms with van der Waals surface area (Å²) in [5.41, 5.74) is 1.06. The fourth-order valence-electron chi connectivity index (χ4n) is 1.72. The van der Waals surface area contributed by atoms with Crippen molar-refractivity contribution < 1.29 is 0 Å². The predicted octanol–water partition coefficient (Wildman–Crippen LogP) is 3.57. The molecule has 0 saturated carbocycles. The van der Waals surface area contributed by atoms with Crippen molar-refractivity contribution in [2.24, 2.45) is 0 Å². The lowest BCUT2D eigenvalue weighted by Gasteiger charge is -2.20. The summed E-state index contributed by atoms with van der Waals surface area (Å²) in [6.07, 6.45) is 5.33. The summed E-state index contributed by atoms with van der Waals surface area (Å²) in [7, 11) is 0. The standard InChI is InChI=1S/C14H19ClN4S/c1-14(2,3)17-7-4-5-12-18-19-13(20-12)10-6-8-16-9-11(10)15/h6,8-9,17H,4-5,7H2,1-3H3. The highest BCUT2D eigenvalue weighted by Gasteiger charge is 2.11. The Morgan fingerprint density at radius 2 is 2.10 bits per heavy atom. The Kier molecular flexibility index (Phi) is 5.07. The zero-order chi connectivity index (χ0) is 14.6. The number of hydrogen-bond donors (Lipinski definition) is 1. The number of aryl methyl sites for hydroxylation is 1. The van der Waals surface area contributed by atoms with Gasteiger partial charge in [-0.3, -0.25) is 4.98 Å². The third-order valence-electron chi connectivity index (χ3n) is 2.69. The molecule has 0 aliphatic heterocycles. The van der Waals surface area contributed by atoms with Gasteiger partial charge in [0.1, 0.15) is 10.0 Å². The molecule has 0 amide bonds. The Labute approximate surface area is 128 Å². The Morgan fingerprint density at radius 1 is 1.30 bits per heavy atom. The van der Waals surface area contributed by atoms with Crippen LogP contribution in [0.2, 0.25) is 5.02 Å². The van der Waals surface area contributed by atoms with E-state index in [0.29, 0.717) is 5.02 Å². The predicted molar refractivity (Wildman–Crippen MR) is 84.2 cm³/mol. The van der Waals surface area contributed by atoms with Gasteiger partial charge in [0.05, 0.1) is 5.02 Å². The molecular weight excluding hydrogens is 292 g/mol. The summed E-state index contributed by atoms with van der Waals surface area (Å²) >= 11 is 7.71. The summed E-state index contributed by atoms with van der Waals surface area (Å²) in [6.45, 7) is 7.49. The van der Waals surface area contributed by atoms with Gasteiger partial charge in [-0.15, -0.1) is 10.2 Å². The van der Waals surface area contributed by atoms with E-state index in [-0.39, 0.29) is 5.54 Å². The van der Waals surface area contributed by atoms with Gasteiger partial charge < -0.3 is 5.32 Å². The fourth-order valence-corrected chi connectivity index (χ4v) is 2.90. The van der Waals surface area contributed by atoms with Gasteiger partial charge in [-0.25, -0.2) is 0 Å². The van der Waals surface area contributed by atoms with Crippen molar-refractivity contribution in [3.8, 4) is 10.6 Å². The quantitative estimate of drug-likeness (QED) is 0.858. The van der Waals surface area contributed by atoms with Gasteiger partial charge in [-0.1, -0.05) is 22.9 Å². The van der Waals surface area contributed by atoms with Crippen molar-refractivity contribution in [1.82, 2.24) is 20.5 Å². The molecule has 0 bridgehead atoms. The van der Waals surface area contributed by atoms with Crippen LogP contribution in [0.15, 0.2) is 18.5 Å². The molecule has 1 N–H and O–H groups in total. The first-order valence-corrected chi connectivity index (χ1v) is 7.82. The molecule has 0 unspecified atom stereocenters. The molecule has 0 aliphatic carbocycles. The highest BCUT2D eigenvalue weighted by atomic mass is 35.5. The average molecular weight is 311 g/mol. The highest BCUT2D eigenvalue weighted by molar-refractivity contribution is 7.14. The Bertz CT molecular complexity index is 562. The zero-order valence-corrected chi connectivity index (χ0v) is 13.6. The number of aromatic nitrogens is 3. The van der Waals surface area contributed by atoms with Crippen LogP contribution in [0.1, 0.15) is 32.2 Å². The van der Waals surface area contributed by atoms with Gasteiger partial charge in [0.15, 0.2) is 0 Å². The van der Waals surface area contributed by atoms with E-state index >= 15 is 0 Å². The molecule has 20 heavy (non-hydrogen) atoms. The minimum absolute atomic E-state index is 0.164. The van der Waals surface area contributed by atoms with E-state index in [0.717, 1.165) is 35.0 Å². The maximum absolute atomic E-state index is 6.11. The first-order valence-electron chi connectivity index (χ1n) is 6.63. The summed E-state index contributed by atoms with van der Waals surface area (Å²) in [5, 5.41) is 14.4. The monoisotopic (exact) mass is 310 g/mol. The van der Waals surface area contributed by atoms with Gasteiger partial charge in [0.25, 0.3) is 0 Å². The Balaban J connectivity index is 1.92. The second kappa shape index (κ2) is 6.61. The maximum Gasteiger partial charge on any atom is 0.149 e. The summed E-state index contributed by atoms with van der Waals surface area (Å²) < 4.78 is 0. The Hall–Kier alpha value is -1.04. The molecular formula is C14H19ClN4S. The van der Waals surface area contributed by atoms with Crippen LogP contribution in [0.25, 0.3) is 10.6 Å². The summed E-state index contributed by atoms with van der Waals surface area (Å²) in [4.78, 5) is 3.98. The number of rotatable bonds is 5. The molecule has 6 heteroatoms. The van der Waals surface area contributed by atoms with Crippen LogP contribution in [0.4, 0.5) is 0 Å². The molecule has 0 saturated heterocycles. The van der Waals surface area contributed by atoms with E-state index < -0.39 is 0 Å². The molecule has 0 fully saturated rings. The molecule has 0 radical (unpaired) electrons. The third-order valence-corrected chi connectivity index (χ3v) is 4.01. The molecule has 108 valence electrons. The molecule has 0 atom stereocenters. The van der Waals surface area contributed by atoms with E-state index in [1.165, 1.54) is 0 Å². The minimum Gasteiger partial charge on any atom is -0.312 e. The topological polar surface area (TPSA) is 50.7 Å². The second-order valence-corrected chi connectivity index (χ2v) is 7.11. The van der Waals surface area contributed by atoms with Crippen LogP contribution in [-0.2, 0) is 6.42 Å². The van der Waals surface area contributed by atoms with E-state index in [2.05, 4.69) is 41.3 Å². The molecule has 0 aromatic carbocycles. The third kappa shape index (κ3) is 4.51. The lowest BCUT2D eigenvalue weighted by molar-refractivity contribution is 0.422. The van der Waals surface area contributed by atoms with E-state index in [1.54, 1.807) is 23.7 Å². The zero-order valence-electron chi connectivity index (χ0n) is 12.0. The lowest BCUT2D eigenvalue weighted by atomic mass is 10.1. The van der Waals surface area contributed by atoms with Crippen LogP contribution < -0.4 is 5.32 Å². The van der Waals surface area contributed by atoms with Crippen molar-refractivity contribution in [2.75, 3.05) is 6.54 Å². The minimum atomic E-state index is 0.164. The first kappa shape index (κ1) is 15.4. The second-order valence-electron chi connectivity index (χ2n) is 5.64. The normalized spacial score (nSPS) is 11.8. The van der Waals surface area contributed by atoms with Crippen molar-refractivity contribution in [2.45, 2.75) is 39.2 Å². The first-order chi connectivity index (χ1) is 9.46. The van der Waals surface area contributed by atoms with Crippen molar-refractivity contribution in [3.05, 3.63) is 28.5 Å². The summed E-state index contributed by atoms with van der Waals surface area (Å²) in [5.74, 6) is 0. The van der Waals surface area contributed by atoms with E-state index in [9.17, 15) is 0 Å². The smallest absolute Gasteiger partial charge is 0.149 e. The molecule has 0 aliphatic rings.